The first-order chi connectivity index (χ1) is 7.43. The van der Waals surface area contributed by atoms with Gasteiger partial charge in [0.1, 0.15) is 0 Å². The van der Waals surface area contributed by atoms with E-state index in [9.17, 15) is 0 Å². The highest BCUT2D eigenvalue weighted by Gasteiger charge is 2.24. The van der Waals surface area contributed by atoms with Crippen LogP contribution in [0, 0.1) is 12.3 Å². The van der Waals surface area contributed by atoms with Crippen LogP contribution >= 0.6 is 11.3 Å². The van der Waals surface area contributed by atoms with E-state index in [1.165, 1.54) is 11.4 Å². The molecule has 1 aromatic rings. The highest BCUT2D eigenvalue weighted by atomic mass is 32.1. The average molecular weight is 240 g/mol. The predicted octanol–water partition coefficient (Wildman–Crippen LogP) is 3.41. The van der Waals surface area contributed by atoms with E-state index in [-0.39, 0.29) is 5.41 Å². The third kappa shape index (κ3) is 4.22. The van der Waals surface area contributed by atoms with E-state index in [0.29, 0.717) is 6.04 Å². The minimum atomic E-state index is 0.286. The topological polar surface area (TPSA) is 24.9 Å². The van der Waals surface area contributed by atoms with Crippen LogP contribution in [0.5, 0.6) is 0 Å². The molecule has 3 heteroatoms. The second kappa shape index (κ2) is 5.78. The number of hydrogen-bond donors (Lipinski definition) is 1. The number of hydrogen-bond acceptors (Lipinski definition) is 3. The van der Waals surface area contributed by atoms with E-state index in [4.69, 9.17) is 0 Å². The van der Waals surface area contributed by atoms with Crippen LogP contribution in [-0.2, 0) is 6.42 Å². The van der Waals surface area contributed by atoms with Crippen molar-refractivity contribution in [3.8, 4) is 0 Å². The minimum absolute atomic E-state index is 0.286. The molecule has 0 aliphatic heterocycles. The maximum Gasteiger partial charge on any atom is 0.0943 e. The SMILES string of the molecule is CCCNC(Cc1nc(C)cs1)C(C)(C)C. The van der Waals surface area contributed by atoms with Gasteiger partial charge in [-0.15, -0.1) is 11.3 Å². The Morgan fingerprint density at radius 2 is 2.12 bits per heavy atom. The van der Waals surface area contributed by atoms with Gasteiger partial charge in [0.05, 0.1) is 5.01 Å². The Hall–Kier alpha value is -0.410. The summed E-state index contributed by atoms with van der Waals surface area (Å²) in [5.74, 6) is 0. The number of aromatic nitrogens is 1. The van der Waals surface area contributed by atoms with Gasteiger partial charge in [-0.3, -0.25) is 0 Å². The van der Waals surface area contributed by atoms with Crippen molar-refractivity contribution in [3.63, 3.8) is 0 Å². The van der Waals surface area contributed by atoms with Crippen molar-refractivity contribution >= 4 is 11.3 Å². The molecule has 2 nitrogen and oxygen atoms in total. The summed E-state index contributed by atoms with van der Waals surface area (Å²) in [4.78, 5) is 4.55. The van der Waals surface area contributed by atoms with Gasteiger partial charge in [-0.1, -0.05) is 27.7 Å². The lowest BCUT2D eigenvalue weighted by molar-refractivity contribution is 0.266. The Bertz CT molecular complexity index is 312. The summed E-state index contributed by atoms with van der Waals surface area (Å²) < 4.78 is 0. The summed E-state index contributed by atoms with van der Waals surface area (Å²) in [6, 6.07) is 0.512. The van der Waals surface area contributed by atoms with E-state index >= 15 is 0 Å². The molecule has 16 heavy (non-hydrogen) atoms. The molecule has 0 fully saturated rings. The normalized spacial score (nSPS) is 14.1. The van der Waals surface area contributed by atoms with Gasteiger partial charge in [-0.25, -0.2) is 4.98 Å². The summed E-state index contributed by atoms with van der Waals surface area (Å²) in [6.45, 7) is 12.2. The smallest absolute Gasteiger partial charge is 0.0943 e. The third-order valence-electron chi connectivity index (χ3n) is 2.73. The van der Waals surface area contributed by atoms with E-state index in [2.05, 4.69) is 50.3 Å². The number of nitrogens with one attached hydrogen (secondary N) is 1. The molecular formula is C13H24N2S. The zero-order chi connectivity index (χ0) is 12.2. The van der Waals surface area contributed by atoms with Gasteiger partial charge in [-0.05, 0) is 25.3 Å². The van der Waals surface area contributed by atoms with E-state index in [1.54, 1.807) is 11.3 Å². The van der Waals surface area contributed by atoms with Crippen LogP contribution in [0.2, 0.25) is 0 Å². The van der Waals surface area contributed by atoms with E-state index in [0.717, 1.165) is 18.7 Å². The molecule has 0 aliphatic rings. The van der Waals surface area contributed by atoms with Crippen molar-refractivity contribution in [1.29, 1.82) is 0 Å². The average Bonchev–Trinajstić information content (AvgIpc) is 2.57. The van der Waals surface area contributed by atoms with Gasteiger partial charge in [0.15, 0.2) is 0 Å². The Morgan fingerprint density at radius 3 is 2.56 bits per heavy atom. The van der Waals surface area contributed by atoms with Gasteiger partial charge in [0, 0.05) is 23.5 Å². The zero-order valence-corrected chi connectivity index (χ0v) is 11.9. The van der Waals surface area contributed by atoms with E-state index in [1.807, 2.05) is 0 Å². The van der Waals surface area contributed by atoms with Crippen molar-refractivity contribution in [2.45, 2.75) is 53.5 Å². The van der Waals surface area contributed by atoms with Crippen molar-refractivity contribution in [2.24, 2.45) is 5.41 Å². The Morgan fingerprint density at radius 1 is 1.44 bits per heavy atom. The highest BCUT2D eigenvalue weighted by Crippen LogP contribution is 2.23. The molecule has 0 radical (unpaired) electrons. The van der Waals surface area contributed by atoms with Crippen LogP contribution in [-0.4, -0.2) is 17.6 Å². The summed E-state index contributed by atoms with van der Waals surface area (Å²) in [5.41, 5.74) is 1.43. The number of rotatable bonds is 5. The van der Waals surface area contributed by atoms with Gasteiger partial charge >= 0.3 is 0 Å². The third-order valence-corrected chi connectivity index (χ3v) is 3.72. The van der Waals surface area contributed by atoms with Crippen molar-refractivity contribution < 1.29 is 0 Å². The van der Waals surface area contributed by atoms with Gasteiger partial charge in [-0.2, -0.15) is 0 Å². The lowest BCUT2D eigenvalue weighted by atomic mass is 9.85. The first-order valence-corrected chi connectivity index (χ1v) is 6.96. The number of thiazole rings is 1. The van der Waals surface area contributed by atoms with Crippen LogP contribution in [0.4, 0.5) is 0 Å². The van der Waals surface area contributed by atoms with Crippen LogP contribution in [0.15, 0.2) is 5.38 Å². The second-order valence-electron chi connectivity index (χ2n) is 5.46. The fraction of sp³-hybridized carbons (Fsp3) is 0.769. The molecular weight excluding hydrogens is 216 g/mol. The zero-order valence-electron chi connectivity index (χ0n) is 11.1. The standard InChI is InChI=1S/C13H24N2S/c1-6-7-14-11(13(3,4)5)8-12-15-10(2)9-16-12/h9,11,14H,6-8H2,1-5H3. The highest BCUT2D eigenvalue weighted by molar-refractivity contribution is 7.09. The molecule has 0 aliphatic carbocycles. The maximum absolute atomic E-state index is 4.55. The van der Waals surface area contributed by atoms with Crippen LogP contribution in [0.1, 0.15) is 44.8 Å². The molecule has 1 atom stereocenters. The Balaban J connectivity index is 2.63. The maximum atomic E-state index is 4.55. The molecule has 92 valence electrons. The summed E-state index contributed by atoms with van der Waals surface area (Å²) in [7, 11) is 0. The number of aryl methyl sites for hydroxylation is 1. The Labute approximate surface area is 103 Å². The molecule has 1 rings (SSSR count). The Kier molecular flexibility index (Phi) is 4.93. The van der Waals surface area contributed by atoms with Gasteiger partial charge < -0.3 is 5.32 Å². The molecule has 1 unspecified atom stereocenters. The minimum Gasteiger partial charge on any atom is -0.313 e. The van der Waals surface area contributed by atoms with Crippen molar-refractivity contribution in [1.82, 2.24) is 10.3 Å². The summed E-state index contributed by atoms with van der Waals surface area (Å²) in [6.07, 6.45) is 2.23. The molecule has 0 saturated heterocycles. The summed E-state index contributed by atoms with van der Waals surface area (Å²) >= 11 is 1.78. The second-order valence-corrected chi connectivity index (χ2v) is 6.40. The fourth-order valence-corrected chi connectivity index (χ4v) is 2.49. The predicted molar refractivity (Wildman–Crippen MR) is 72.1 cm³/mol. The van der Waals surface area contributed by atoms with Gasteiger partial charge in [0.2, 0.25) is 0 Å². The monoisotopic (exact) mass is 240 g/mol. The lowest BCUT2D eigenvalue weighted by Crippen LogP contribution is -2.42. The molecule has 0 saturated carbocycles. The van der Waals surface area contributed by atoms with Gasteiger partial charge in [0.25, 0.3) is 0 Å². The van der Waals surface area contributed by atoms with E-state index < -0.39 is 0 Å². The molecule has 1 heterocycles. The van der Waals surface area contributed by atoms with Crippen LogP contribution in [0.3, 0.4) is 0 Å². The number of nitrogens with zero attached hydrogens (tertiary/aromatic N) is 1. The van der Waals surface area contributed by atoms with Crippen molar-refractivity contribution in [3.05, 3.63) is 16.1 Å². The van der Waals surface area contributed by atoms with Crippen LogP contribution in [0.25, 0.3) is 0 Å². The quantitative estimate of drug-likeness (QED) is 0.853. The first-order valence-electron chi connectivity index (χ1n) is 6.08. The largest absolute Gasteiger partial charge is 0.313 e. The summed E-state index contributed by atoms with van der Waals surface area (Å²) in [5, 5.41) is 7.02. The first kappa shape index (κ1) is 13.7. The molecule has 0 spiro atoms. The van der Waals surface area contributed by atoms with Crippen molar-refractivity contribution in [2.75, 3.05) is 6.54 Å². The molecule has 1 N–H and O–H groups in total. The molecule has 0 bridgehead atoms. The van der Waals surface area contributed by atoms with Crippen LogP contribution < -0.4 is 5.32 Å². The lowest BCUT2D eigenvalue weighted by Gasteiger charge is -2.31. The molecule has 1 aromatic heterocycles. The molecule has 0 aromatic carbocycles. The fourth-order valence-electron chi connectivity index (χ4n) is 1.67. The molecule has 0 amide bonds.